The molecule has 5 heteroatoms. The van der Waals surface area contributed by atoms with E-state index in [1.54, 1.807) is 18.2 Å². The Labute approximate surface area is 98.5 Å². The van der Waals surface area contributed by atoms with E-state index in [1.165, 1.54) is 13.2 Å². The molecular weight excluding hydrogens is 222 g/mol. The number of rotatable bonds is 5. The fourth-order valence-corrected chi connectivity index (χ4v) is 1.30. The van der Waals surface area contributed by atoms with Crippen LogP contribution in [-0.2, 0) is 4.79 Å². The normalized spacial score (nSPS) is 10.4. The molecular formula is C12H13NO4. The van der Waals surface area contributed by atoms with Gasteiger partial charge in [0.15, 0.2) is 17.8 Å². The van der Waals surface area contributed by atoms with E-state index in [0.717, 1.165) is 0 Å². The Morgan fingerprint density at radius 1 is 1.53 bits per heavy atom. The lowest BCUT2D eigenvalue weighted by atomic mass is 10.1. The summed E-state index contributed by atoms with van der Waals surface area (Å²) in [5.41, 5.74) is 5.75. The summed E-state index contributed by atoms with van der Waals surface area (Å²) in [4.78, 5) is 21.3. The zero-order valence-electron chi connectivity index (χ0n) is 9.34. The Bertz CT molecular complexity index is 466. The summed E-state index contributed by atoms with van der Waals surface area (Å²) >= 11 is 0. The summed E-state index contributed by atoms with van der Waals surface area (Å²) in [6.45, 7) is 0. The largest absolute Gasteiger partial charge is 0.504 e. The number of aldehydes is 1. The van der Waals surface area contributed by atoms with Crippen molar-refractivity contribution in [3.05, 3.63) is 29.3 Å². The molecule has 0 saturated carbocycles. The van der Waals surface area contributed by atoms with Gasteiger partial charge in [-0.3, -0.25) is 9.59 Å². The monoisotopic (exact) mass is 235 g/mol. The molecule has 0 aliphatic carbocycles. The molecule has 0 aliphatic rings. The molecule has 0 atom stereocenters. The molecule has 1 amide bonds. The van der Waals surface area contributed by atoms with Crippen molar-refractivity contribution in [3.63, 3.8) is 0 Å². The van der Waals surface area contributed by atoms with Crippen molar-refractivity contribution in [1.29, 1.82) is 0 Å². The summed E-state index contributed by atoms with van der Waals surface area (Å²) in [7, 11) is 1.39. The van der Waals surface area contributed by atoms with Crippen molar-refractivity contribution >= 4 is 18.3 Å². The molecule has 0 heterocycles. The minimum atomic E-state index is -0.442. The van der Waals surface area contributed by atoms with Gasteiger partial charge in [0.2, 0.25) is 5.91 Å². The number of nitrogens with two attached hydrogens (primary N) is 1. The van der Waals surface area contributed by atoms with Crippen molar-refractivity contribution in [2.45, 2.75) is 6.42 Å². The number of primary amides is 1. The van der Waals surface area contributed by atoms with Crippen LogP contribution in [0, 0.1) is 0 Å². The minimum Gasteiger partial charge on any atom is -0.504 e. The molecule has 0 saturated heterocycles. The summed E-state index contributed by atoms with van der Waals surface area (Å²) in [5, 5.41) is 9.57. The van der Waals surface area contributed by atoms with Crippen LogP contribution < -0.4 is 10.5 Å². The van der Waals surface area contributed by atoms with E-state index >= 15 is 0 Å². The number of carbonyl (C=O) groups excluding carboxylic acids is 2. The van der Waals surface area contributed by atoms with E-state index in [9.17, 15) is 14.7 Å². The predicted molar refractivity (Wildman–Crippen MR) is 62.9 cm³/mol. The van der Waals surface area contributed by atoms with E-state index in [1.807, 2.05) is 0 Å². The van der Waals surface area contributed by atoms with E-state index in [-0.39, 0.29) is 23.5 Å². The number of methoxy groups -OCH3 is 1. The Kier molecular flexibility index (Phi) is 4.28. The summed E-state index contributed by atoms with van der Waals surface area (Å²) in [6, 6.07) is 3.04. The number of carbonyl (C=O) groups is 2. The quantitative estimate of drug-likeness (QED) is 0.748. The lowest BCUT2D eigenvalue weighted by molar-refractivity contribution is -0.117. The van der Waals surface area contributed by atoms with Crippen molar-refractivity contribution < 1.29 is 19.4 Å². The summed E-state index contributed by atoms with van der Waals surface area (Å²) in [6.07, 6.45) is 3.84. The van der Waals surface area contributed by atoms with Crippen LogP contribution in [-0.4, -0.2) is 24.4 Å². The molecule has 0 bridgehead atoms. The molecule has 5 nitrogen and oxygen atoms in total. The molecule has 0 aliphatic heterocycles. The zero-order chi connectivity index (χ0) is 12.8. The molecule has 0 fully saturated rings. The fraction of sp³-hybridized carbons (Fsp3) is 0.167. The molecule has 0 spiro atoms. The average Bonchev–Trinajstić information content (AvgIpc) is 2.30. The molecule has 0 aromatic heterocycles. The number of amides is 1. The van der Waals surface area contributed by atoms with Gasteiger partial charge in [0, 0.05) is 6.42 Å². The van der Waals surface area contributed by atoms with Crippen molar-refractivity contribution in [1.82, 2.24) is 0 Å². The lowest BCUT2D eigenvalue weighted by Gasteiger charge is -2.06. The SMILES string of the molecule is COc1cc(C=CCC(N)=O)cc(C=O)c1O. The van der Waals surface area contributed by atoms with Gasteiger partial charge in [0.05, 0.1) is 12.7 Å². The first-order valence-corrected chi connectivity index (χ1v) is 4.89. The molecule has 0 radical (unpaired) electrons. The van der Waals surface area contributed by atoms with Crippen LogP contribution in [0.2, 0.25) is 0 Å². The highest BCUT2D eigenvalue weighted by atomic mass is 16.5. The Morgan fingerprint density at radius 2 is 2.24 bits per heavy atom. The predicted octanol–water partition coefficient (Wildman–Crippen LogP) is 1.10. The number of phenols is 1. The van der Waals surface area contributed by atoms with Gasteiger partial charge < -0.3 is 15.6 Å². The van der Waals surface area contributed by atoms with Crippen LogP contribution in [0.3, 0.4) is 0 Å². The first-order chi connectivity index (χ1) is 8.08. The topological polar surface area (TPSA) is 89.6 Å². The van der Waals surface area contributed by atoms with E-state index in [4.69, 9.17) is 10.5 Å². The van der Waals surface area contributed by atoms with Gasteiger partial charge in [-0.25, -0.2) is 0 Å². The summed E-state index contributed by atoms with van der Waals surface area (Å²) in [5.74, 6) is -0.439. The third-order valence-corrected chi connectivity index (χ3v) is 2.10. The Hall–Kier alpha value is -2.30. The van der Waals surface area contributed by atoms with Gasteiger partial charge in [0.25, 0.3) is 0 Å². The first kappa shape index (κ1) is 12.8. The van der Waals surface area contributed by atoms with Gasteiger partial charge >= 0.3 is 0 Å². The third-order valence-electron chi connectivity index (χ3n) is 2.10. The second-order valence-electron chi connectivity index (χ2n) is 3.35. The highest BCUT2D eigenvalue weighted by molar-refractivity contribution is 5.83. The third kappa shape index (κ3) is 3.34. The molecule has 1 aromatic carbocycles. The van der Waals surface area contributed by atoms with Gasteiger partial charge in [-0.05, 0) is 17.7 Å². The van der Waals surface area contributed by atoms with E-state index in [2.05, 4.69) is 0 Å². The van der Waals surface area contributed by atoms with E-state index in [0.29, 0.717) is 11.8 Å². The zero-order valence-corrected chi connectivity index (χ0v) is 9.34. The van der Waals surface area contributed by atoms with Gasteiger partial charge in [-0.2, -0.15) is 0 Å². The molecule has 1 rings (SSSR count). The van der Waals surface area contributed by atoms with Gasteiger partial charge in [-0.1, -0.05) is 12.2 Å². The second-order valence-corrected chi connectivity index (χ2v) is 3.35. The first-order valence-electron chi connectivity index (χ1n) is 4.89. The number of ether oxygens (including phenoxy) is 1. The van der Waals surface area contributed by atoms with Crippen LogP contribution in [0.15, 0.2) is 18.2 Å². The Morgan fingerprint density at radius 3 is 2.76 bits per heavy atom. The Balaban J connectivity index is 3.04. The van der Waals surface area contributed by atoms with Crippen molar-refractivity contribution in [2.75, 3.05) is 7.11 Å². The number of hydrogen-bond acceptors (Lipinski definition) is 4. The maximum absolute atomic E-state index is 10.7. The van der Waals surface area contributed by atoms with Crippen LogP contribution in [0.5, 0.6) is 11.5 Å². The lowest BCUT2D eigenvalue weighted by Crippen LogP contribution is -2.07. The van der Waals surface area contributed by atoms with Crippen LogP contribution >= 0.6 is 0 Å². The summed E-state index contributed by atoms with van der Waals surface area (Å²) < 4.78 is 4.92. The van der Waals surface area contributed by atoms with Crippen molar-refractivity contribution in [2.24, 2.45) is 5.73 Å². The highest BCUT2D eigenvalue weighted by Crippen LogP contribution is 2.30. The number of benzene rings is 1. The molecule has 1 aromatic rings. The number of aromatic hydroxyl groups is 1. The highest BCUT2D eigenvalue weighted by Gasteiger charge is 2.08. The average molecular weight is 235 g/mol. The maximum atomic E-state index is 10.7. The minimum absolute atomic E-state index is 0.111. The number of hydrogen-bond donors (Lipinski definition) is 2. The van der Waals surface area contributed by atoms with Gasteiger partial charge in [-0.15, -0.1) is 0 Å². The van der Waals surface area contributed by atoms with Gasteiger partial charge in [0.1, 0.15) is 0 Å². The molecule has 90 valence electrons. The maximum Gasteiger partial charge on any atom is 0.221 e. The number of phenolic OH excluding ortho intramolecular Hbond substituents is 1. The van der Waals surface area contributed by atoms with Crippen LogP contribution in [0.25, 0.3) is 6.08 Å². The molecule has 17 heavy (non-hydrogen) atoms. The van der Waals surface area contributed by atoms with Crippen LogP contribution in [0.1, 0.15) is 22.3 Å². The van der Waals surface area contributed by atoms with E-state index < -0.39 is 5.91 Å². The molecule has 0 unspecified atom stereocenters. The fourth-order valence-electron chi connectivity index (χ4n) is 1.30. The van der Waals surface area contributed by atoms with Crippen molar-refractivity contribution in [3.8, 4) is 11.5 Å². The molecule has 3 N–H and O–H groups in total. The smallest absolute Gasteiger partial charge is 0.221 e. The second kappa shape index (κ2) is 5.69. The standard InChI is InChI=1S/C12H13NO4/c1-17-10-6-8(3-2-4-11(13)15)5-9(7-14)12(10)16/h2-3,5-7,16H,4H2,1H3,(H2,13,15). The van der Waals surface area contributed by atoms with Crippen LogP contribution in [0.4, 0.5) is 0 Å².